The lowest BCUT2D eigenvalue weighted by molar-refractivity contribution is -0.120. The van der Waals surface area contributed by atoms with Crippen molar-refractivity contribution in [2.45, 2.75) is 44.6 Å². The highest BCUT2D eigenvalue weighted by Crippen LogP contribution is 2.42. The third kappa shape index (κ3) is 5.65. The van der Waals surface area contributed by atoms with Crippen LogP contribution in [0.2, 0.25) is 0 Å². The SMILES string of the molecule is COc1c(C)c2c(c(O)c1C/C=C(\C)CCC(=O)NCCSc1ccccc1)C(=O)OC2. The van der Waals surface area contributed by atoms with Crippen molar-refractivity contribution in [3.05, 3.63) is 64.2 Å². The number of cyclic esters (lactones) is 1. The summed E-state index contributed by atoms with van der Waals surface area (Å²) in [5.74, 6) is 0.819. The second-order valence-electron chi connectivity index (χ2n) is 7.68. The Bertz CT molecular complexity index is 1020. The Kier molecular flexibility index (Phi) is 8.22. The Hall–Kier alpha value is -2.93. The van der Waals surface area contributed by atoms with Gasteiger partial charge in [0.1, 0.15) is 23.7 Å². The average Bonchev–Trinajstić information content (AvgIpc) is 3.19. The Morgan fingerprint density at radius 1 is 1.28 bits per heavy atom. The number of esters is 1. The maximum atomic E-state index is 12.1. The van der Waals surface area contributed by atoms with E-state index in [4.69, 9.17) is 9.47 Å². The van der Waals surface area contributed by atoms with Crippen LogP contribution in [0.25, 0.3) is 0 Å². The van der Waals surface area contributed by atoms with E-state index in [0.717, 1.165) is 16.9 Å². The number of amides is 1. The molecular formula is C25H29NO5S. The van der Waals surface area contributed by atoms with Gasteiger partial charge in [-0.2, -0.15) is 0 Å². The zero-order valence-electron chi connectivity index (χ0n) is 18.7. The highest BCUT2D eigenvalue weighted by molar-refractivity contribution is 7.99. The fraction of sp³-hybridized carbons (Fsp3) is 0.360. The van der Waals surface area contributed by atoms with Gasteiger partial charge >= 0.3 is 5.97 Å². The topological polar surface area (TPSA) is 84.9 Å². The first kappa shape index (κ1) is 23.7. The number of carbonyl (C=O) groups is 2. The summed E-state index contributed by atoms with van der Waals surface area (Å²) in [6.07, 6.45) is 3.38. The second-order valence-corrected chi connectivity index (χ2v) is 8.85. The fourth-order valence-electron chi connectivity index (χ4n) is 3.68. The largest absolute Gasteiger partial charge is 0.507 e. The molecule has 0 bridgehead atoms. The van der Waals surface area contributed by atoms with Gasteiger partial charge in [0, 0.05) is 34.7 Å². The van der Waals surface area contributed by atoms with E-state index in [0.29, 0.717) is 42.7 Å². The van der Waals surface area contributed by atoms with Gasteiger partial charge < -0.3 is 19.9 Å². The van der Waals surface area contributed by atoms with Crippen LogP contribution < -0.4 is 10.1 Å². The summed E-state index contributed by atoms with van der Waals surface area (Å²) in [4.78, 5) is 25.3. The highest BCUT2D eigenvalue weighted by Gasteiger charge is 2.31. The molecule has 2 aromatic rings. The third-order valence-corrected chi connectivity index (χ3v) is 6.50. The number of thioether (sulfide) groups is 1. The molecule has 0 unspecified atom stereocenters. The molecule has 0 radical (unpaired) electrons. The summed E-state index contributed by atoms with van der Waals surface area (Å²) in [6.45, 7) is 4.59. The molecule has 6 nitrogen and oxygen atoms in total. The molecule has 1 aliphatic heterocycles. The predicted octanol–water partition coefficient (Wildman–Crippen LogP) is 4.56. The Morgan fingerprint density at radius 3 is 2.75 bits per heavy atom. The van der Waals surface area contributed by atoms with Crippen molar-refractivity contribution in [2.24, 2.45) is 0 Å². The Balaban J connectivity index is 1.51. The van der Waals surface area contributed by atoms with Crippen molar-refractivity contribution in [1.82, 2.24) is 5.32 Å². The molecule has 1 aliphatic rings. The Labute approximate surface area is 193 Å². The number of benzene rings is 2. The summed E-state index contributed by atoms with van der Waals surface area (Å²) in [7, 11) is 1.55. The van der Waals surface area contributed by atoms with Gasteiger partial charge in [0.15, 0.2) is 0 Å². The first-order valence-corrected chi connectivity index (χ1v) is 11.6. The number of carbonyl (C=O) groups excluding carboxylic acids is 2. The zero-order chi connectivity index (χ0) is 23.1. The normalized spacial score (nSPS) is 13.0. The number of hydrogen-bond acceptors (Lipinski definition) is 6. The van der Waals surface area contributed by atoms with Gasteiger partial charge in [-0.15, -0.1) is 11.8 Å². The van der Waals surface area contributed by atoms with Gasteiger partial charge in [0.2, 0.25) is 5.91 Å². The lowest BCUT2D eigenvalue weighted by Crippen LogP contribution is -2.25. The van der Waals surface area contributed by atoms with Gasteiger partial charge in [-0.3, -0.25) is 4.79 Å². The fourth-order valence-corrected chi connectivity index (χ4v) is 4.47. The highest BCUT2D eigenvalue weighted by atomic mass is 32.2. The molecule has 2 aromatic carbocycles. The third-order valence-electron chi connectivity index (χ3n) is 5.48. The number of methoxy groups -OCH3 is 1. The molecule has 0 saturated heterocycles. The summed E-state index contributed by atoms with van der Waals surface area (Å²) in [5.41, 5.74) is 3.30. The average molecular weight is 456 g/mol. The van der Waals surface area contributed by atoms with Crippen LogP contribution in [-0.4, -0.2) is 36.4 Å². The number of phenols is 1. The number of phenolic OH excluding ortho intramolecular Hbond substituents is 1. The molecule has 32 heavy (non-hydrogen) atoms. The van der Waals surface area contributed by atoms with Crippen molar-refractivity contribution in [3.63, 3.8) is 0 Å². The number of fused-ring (bicyclic) bond motifs is 1. The lowest BCUT2D eigenvalue weighted by atomic mass is 9.94. The van der Waals surface area contributed by atoms with Gasteiger partial charge in [-0.05, 0) is 44.4 Å². The quantitative estimate of drug-likeness (QED) is 0.237. The van der Waals surface area contributed by atoms with E-state index in [1.54, 1.807) is 18.9 Å². The summed E-state index contributed by atoms with van der Waals surface area (Å²) < 4.78 is 10.6. The molecule has 7 heteroatoms. The van der Waals surface area contributed by atoms with Crippen LogP contribution in [0.1, 0.15) is 46.8 Å². The van der Waals surface area contributed by atoms with E-state index in [9.17, 15) is 14.7 Å². The maximum Gasteiger partial charge on any atom is 0.342 e. The van der Waals surface area contributed by atoms with Crippen LogP contribution in [0, 0.1) is 6.92 Å². The number of nitrogens with one attached hydrogen (secondary N) is 1. The molecular weight excluding hydrogens is 426 g/mol. The minimum Gasteiger partial charge on any atom is -0.507 e. The molecule has 0 aliphatic carbocycles. The number of allylic oxidation sites excluding steroid dienone is 2. The van der Waals surface area contributed by atoms with E-state index in [1.807, 2.05) is 38.1 Å². The predicted molar refractivity (Wildman–Crippen MR) is 125 cm³/mol. The molecule has 0 fully saturated rings. The van der Waals surface area contributed by atoms with Crippen molar-refractivity contribution in [1.29, 1.82) is 0 Å². The summed E-state index contributed by atoms with van der Waals surface area (Å²) >= 11 is 1.71. The summed E-state index contributed by atoms with van der Waals surface area (Å²) in [5, 5.41) is 13.6. The van der Waals surface area contributed by atoms with Crippen LogP contribution in [0.5, 0.6) is 11.5 Å². The summed E-state index contributed by atoms with van der Waals surface area (Å²) in [6, 6.07) is 10.1. The van der Waals surface area contributed by atoms with Gasteiger partial charge in [0.05, 0.1) is 7.11 Å². The molecule has 3 rings (SSSR count). The zero-order valence-corrected chi connectivity index (χ0v) is 19.5. The van der Waals surface area contributed by atoms with Gasteiger partial charge in [-0.1, -0.05) is 29.8 Å². The standard InChI is InChI=1S/C25H29NO5S/c1-16(10-12-21(27)26-13-14-32-18-7-5-4-6-8-18)9-11-19-23(28)22-20(15-31-25(22)29)17(2)24(19)30-3/h4-9,28H,10-15H2,1-3H3,(H,26,27)/b16-9+. The molecule has 1 heterocycles. The minimum absolute atomic E-state index is 0.0166. The maximum absolute atomic E-state index is 12.1. The first-order valence-electron chi connectivity index (χ1n) is 10.6. The van der Waals surface area contributed by atoms with Crippen LogP contribution in [0.15, 0.2) is 46.9 Å². The van der Waals surface area contributed by atoms with Gasteiger partial charge in [-0.25, -0.2) is 4.79 Å². The van der Waals surface area contributed by atoms with Crippen molar-refractivity contribution in [3.8, 4) is 11.5 Å². The smallest absolute Gasteiger partial charge is 0.342 e. The number of aromatic hydroxyl groups is 1. The molecule has 0 atom stereocenters. The van der Waals surface area contributed by atoms with Gasteiger partial charge in [0.25, 0.3) is 0 Å². The van der Waals surface area contributed by atoms with Crippen molar-refractivity contribution >= 4 is 23.6 Å². The molecule has 1 amide bonds. The van der Waals surface area contributed by atoms with E-state index in [2.05, 4.69) is 17.4 Å². The van der Waals surface area contributed by atoms with Crippen molar-refractivity contribution in [2.75, 3.05) is 19.4 Å². The molecule has 170 valence electrons. The Morgan fingerprint density at radius 2 is 2.03 bits per heavy atom. The van der Waals surface area contributed by atoms with E-state index < -0.39 is 5.97 Å². The van der Waals surface area contributed by atoms with E-state index in [1.165, 1.54) is 4.90 Å². The second kappa shape index (κ2) is 11.1. The van der Waals surface area contributed by atoms with E-state index in [-0.39, 0.29) is 23.8 Å². The van der Waals surface area contributed by atoms with Crippen molar-refractivity contribution < 1.29 is 24.2 Å². The first-order chi connectivity index (χ1) is 15.4. The molecule has 0 saturated carbocycles. The molecule has 2 N–H and O–H groups in total. The van der Waals surface area contributed by atoms with Crippen LogP contribution in [0.4, 0.5) is 0 Å². The monoisotopic (exact) mass is 455 g/mol. The van der Waals surface area contributed by atoms with Crippen LogP contribution in [-0.2, 0) is 22.6 Å². The lowest BCUT2D eigenvalue weighted by Gasteiger charge is -2.15. The number of rotatable bonds is 10. The number of hydrogen-bond donors (Lipinski definition) is 2. The number of ether oxygens (including phenoxy) is 2. The van der Waals surface area contributed by atoms with Crippen LogP contribution in [0.3, 0.4) is 0 Å². The minimum atomic E-state index is -0.507. The molecule has 0 aromatic heterocycles. The van der Waals surface area contributed by atoms with Crippen LogP contribution >= 0.6 is 11.8 Å². The molecule has 0 spiro atoms. The van der Waals surface area contributed by atoms with E-state index >= 15 is 0 Å².